The smallest absolute Gasteiger partial charge is 0.181 e. The van der Waals surface area contributed by atoms with Crippen molar-refractivity contribution in [3.63, 3.8) is 0 Å². The van der Waals surface area contributed by atoms with Crippen molar-refractivity contribution in [2.45, 2.75) is 23.8 Å². The monoisotopic (exact) mass is 368 g/mol. The van der Waals surface area contributed by atoms with Gasteiger partial charge in [-0.2, -0.15) is 5.10 Å². The molecule has 1 saturated heterocycles. The van der Waals surface area contributed by atoms with E-state index in [0.29, 0.717) is 10.7 Å². The maximum absolute atomic E-state index is 11.7. The molecule has 1 aromatic heterocycles. The van der Waals surface area contributed by atoms with Crippen LogP contribution in [0.25, 0.3) is 11.4 Å². The van der Waals surface area contributed by atoms with Gasteiger partial charge in [-0.1, -0.05) is 30.3 Å². The average molecular weight is 368 g/mol. The predicted molar refractivity (Wildman–Crippen MR) is 101 cm³/mol. The number of aromatic amines is 1. The number of H-pyrrole nitrogens is 1. The first-order valence-electron chi connectivity index (χ1n) is 8.57. The van der Waals surface area contributed by atoms with Crippen molar-refractivity contribution in [1.29, 1.82) is 0 Å². The molecule has 1 aliphatic heterocycles. The van der Waals surface area contributed by atoms with Crippen LogP contribution in [0.1, 0.15) is 24.7 Å². The highest BCUT2D eigenvalue weighted by molar-refractivity contribution is 7.90. The van der Waals surface area contributed by atoms with Crippen LogP contribution in [0.4, 0.5) is 5.69 Å². The van der Waals surface area contributed by atoms with Crippen LogP contribution < -0.4 is 4.90 Å². The van der Waals surface area contributed by atoms with E-state index in [-0.39, 0.29) is 6.04 Å². The summed E-state index contributed by atoms with van der Waals surface area (Å²) in [7, 11) is -3.18. The van der Waals surface area contributed by atoms with Gasteiger partial charge in [0.2, 0.25) is 0 Å². The Balaban J connectivity index is 1.60. The molecule has 0 radical (unpaired) electrons. The second kappa shape index (κ2) is 6.57. The Morgan fingerprint density at radius 2 is 1.81 bits per heavy atom. The molecular weight excluding hydrogens is 348 g/mol. The van der Waals surface area contributed by atoms with E-state index in [1.807, 2.05) is 42.5 Å². The van der Waals surface area contributed by atoms with Gasteiger partial charge in [-0.15, -0.1) is 0 Å². The van der Waals surface area contributed by atoms with E-state index in [9.17, 15) is 8.42 Å². The maximum atomic E-state index is 11.7. The molecule has 1 N–H and O–H groups in total. The van der Waals surface area contributed by atoms with Crippen molar-refractivity contribution in [3.8, 4) is 11.4 Å². The number of benzene rings is 2. The number of aromatic nitrogens is 3. The molecule has 0 spiro atoms. The van der Waals surface area contributed by atoms with Gasteiger partial charge in [0.25, 0.3) is 0 Å². The van der Waals surface area contributed by atoms with Gasteiger partial charge in [0.05, 0.1) is 10.9 Å². The van der Waals surface area contributed by atoms with Crippen molar-refractivity contribution < 1.29 is 8.42 Å². The fraction of sp³-hybridized carbons (Fsp3) is 0.263. The van der Waals surface area contributed by atoms with Gasteiger partial charge >= 0.3 is 0 Å². The second-order valence-corrected chi connectivity index (χ2v) is 8.54. The number of nitrogens with zero attached hydrogens (tertiary/aromatic N) is 3. The first-order valence-corrected chi connectivity index (χ1v) is 10.5. The summed E-state index contributed by atoms with van der Waals surface area (Å²) in [6, 6.07) is 17.1. The highest BCUT2D eigenvalue weighted by Crippen LogP contribution is 2.35. The van der Waals surface area contributed by atoms with Crippen molar-refractivity contribution in [2.75, 3.05) is 17.7 Å². The number of anilines is 1. The van der Waals surface area contributed by atoms with E-state index in [1.54, 1.807) is 12.1 Å². The zero-order valence-electron chi connectivity index (χ0n) is 14.5. The molecule has 2 heterocycles. The van der Waals surface area contributed by atoms with Crippen LogP contribution >= 0.6 is 0 Å². The van der Waals surface area contributed by atoms with Crippen LogP contribution in [0.15, 0.2) is 59.5 Å². The van der Waals surface area contributed by atoms with Crippen molar-refractivity contribution in [1.82, 2.24) is 15.2 Å². The summed E-state index contributed by atoms with van der Waals surface area (Å²) in [6.07, 6.45) is 3.26. The van der Waals surface area contributed by atoms with E-state index >= 15 is 0 Å². The molecule has 0 saturated carbocycles. The van der Waals surface area contributed by atoms with Crippen LogP contribution in [0.2, 0.25) is 0 Å². The summed E-state index contributed by atoms with van der Waals surface area (Å²) in [5.41, 5.74) is 1.98. The largest absolute Gasteiger partial charge is 0.361 e. The minimum atomic E-state index is -3.18. The average Bonchev–Trinajstić information content (AvgIpc) is 3.31. The molecule has 1 aliphatic rings. The van der Waals surface area contributed by atoms with E-state index < -0.39 is 9.84 Å². The molecule has 1 unspecified atom stereocenters. The van der Waals surface area contributed by atoms with Crippen molar-refractivity contribution in [3.05, 3.63) is 60.4 Å². The molecule has 7 heteroatoms. The number of nitrogens with one attached hydrogen (secondary N) is 1. The Kier molecular flexibility index (Phi) is 4.24. The third kappa shape index (κ3) is 3.22. The van der Waals surface area contributed by atoms with Crippen molar-refractivity contribution >= 4 is 15.5 Å². The van der Waals surface area contributed by atoms with Crippen LogP contribution in [-0.4, -0.2) is 36.4 Å². The minimum absolute atomic E-state index is 0.115. The van der Waals surface area contributed by atoms with E-state index in [1.165, 1.54) is 6.26 Å². The SMILES string of the molecule is CS(=O)(=O)c1ccc(N2CCCC2c2nc(-c3ccccc3)n[nH]2)cc1. The summed E-state index contributed by atoms with van der Waals surface area (Å²) < 4.78 is 23.3. The second-order valence-electron chi connectivity index (χ2n) is 6.53. The Bertz CT molecular complexity index is 998. The van der Waals surface area contributed by atoms with Gasteiger partial charge < -0.3 is 4.90 Å². The Morgan fingerprint density at radius 3 is 2.50 bits per heavy atom. The number of hydrogen-bond acceptors (Lipinski definition) is 5. The third-order valence-corrected chi connectivity index (χ3v) is 5.83. The molecule has 0 bridgehead atoms. The van der Waals surface area contributed by atoms with E-state index in [4.69, 9.17) is 4.98 Å². The molecule has 1 fully saturated rings. The van der Waals surface area contributed by atoms with E-state index in [2.05, 4.69) is 15.1 Å². The highest BCUT2D eigenvalue weighted by atomic mass is 32.2. The summed E-state index contributed by atoms with van der Waals surface area (Å²) in [4.78, 5) is 7.28. The fourth-order valence-electron chi connectivity index (χ4n) is 3.38. The molecule has 26 heavy (non-hydrogen) atoms. The first-order chi connectivity index (χ1) is 12.5. The van der Waals surface area contributed by atoms with Gasteiger partial charge in [-0.25, -0.2) is 13.4 Å². The van der Waals surface area contributed by atoms with Crippen LogP contribution in [0.3, 0.4) is 0 Å². The lowest BCUT2D eigenvalue weighted by Crippen LogP contribution is -2.23. The molecule has 6 nitrogen and oxygen atoms in total. The van der Waals surface area contributed by atoms with Crippen LogP contribution in [0, 0.1) is 0 Å². The Hall–Kier alpha value is -2.67. The van der Waals surface area contributed by atoms with Gasteiger partial charge in [-0.3, -0.25) is 5.10 Å². The topological polar surface area (TPSA) is 79.0 Å². The lowest BCUT2D eigenvalue weighted by atomic mass is 10.2. The normalized spacial score (nSPS) is 17.6. The lowest BCUT2D eigenvalue weighted by Gasteiger charge is -2.25. The van der Waals surface area contributed by atoms with Gasteiger partial charge in [0.1, 0.15) is 5.82 Å². The standard InChI is InChI=1S/C19H20N4O2S/c1-26(24,25)16-11-9-15(10-12-16)23-13-5-8-17(23)19-20-18(21-22-19)14-6-3-2-4-7-14/h2-4,6-7,9-12,17H,5,8,13H2,1H3,(H,20,21,22). The summed E-state index contributed by atoms with van der Waals surface area (Å²) >= 11 is 0. The predicted octanol–water partition coefficient (Wildman–Crippen LogP) is 3.22. The van der Waals surface area contributed by atoms with Gasteiger partial charge in [-0.05, 0) is 37.1 Å². The zero-order chi connectivity index (χ0) is 18.1. The van der Waals surface area contributed by atoms with Crippen molar-refractivity contribution in [2.24, 2.45) is 0 Å². The van der Waals surface area contributed by atoms with E-state index in [0.717, 1.165) is 36.5 Å². The fourth-order valence-corrected chi connectivity index (χ4v) is 4.01. The van der Waals surface area contributed by atoms with Gasteiger partial charge in [0.15, 0.2) is 15.7 Å². The Labute approximate surface area is 152 Å². The van der Waals surface area contributed by atoms with Gasteiger partial charge in [0, 0.05) is 24.1 Å². The maximum Gasteiger partial charge on any atom is 0.181 e. The lowest BCUT2D eigenvalue weighted by molar-refractivity contribution is 0.602. The molecule has 2 aromatic carbocycles. The summed E-state index contributed by atoms with van der Waals surface area (Å²) in [5.74, 6) is 1.54. The minimum Gasteiger partial charge on any atom is -0.361 e. The number of sulfone groups is 1. The molecular formula is C19H20N4O2S. The quantitative estimate of drug-likeness (QED) is 0.765. The summed E-state index contributed by atoms with van der Waals surface area (Å²) in [6.45, 7) is 0.907. The molecule has 4 rings (SSSR count). The molecule has 1 atom stereocenters. The first kappa shape index (κ1) is 16.8. The molecule has 0 amide bonds. The van der Waals surface area contributed by atoms with Crippen LogP contribution in [-0.2, 0) is 9.84 Å². The van der Waals surface area contributed by atoms with Crippen LogP contribution in [0.5, 0.6) is 0 Å². The molecule has 3 aromatic rings. The zero-order valence-corrected chi connectivity index (χ0v) is 15.3. The number of rotatable bonds is 4. The highest BCUT2D eigenvalue weighted by Gasteiger charge is 2.29. The summed E-state index contributed by atoms with van der Waals surface area (Å²) in [5, 5.41) is 7.45. The third-order valence-electron chi connectivity index (χ3n) is 4.70. The molecule has 0 aliphatic carbocycles. The Morgan fingerprint density at radius 1 is 1.08 bits per heavy atom. The number of hydrogen-bond donors (Lipinski definition) is 1. The molecule has 134 valence electrons.